The van der Waals surface area contributed by atoms with Crippen molar-refractivity contribution in [2.45, 2.75) is 13.0 Å². The van der Waals surface area contributed by atoms with Gasteiger partial charge in [-0.15, -0.1) is 0 Å². The van der Waals surface area contributed by atoms with Gasteiger partial charge in [-0.1, -0.05) is 12.1 Å². The summed E-state index contributed by atoms with van der Waals surface area (Å²) in [5, 5.41) is 15.0. The van der Waals surface area contributed by atoms with E-state index in [-0.39, 0.29) is 0 Å². The molecule has 2 aromatic rings. The van der Waals surface area contributed by atoms with E-state index < -0.39 is 18.9 Å². The molecule has 2 rings (SSSR count). The van der Waals surface area contributed by atoms with Crippen LogP contribution >= 0.6 is 0 Å². The fraction of sp³-hybridized carbons (Fsp3) is 0.133. The lowest BCUT2D eigenvalue weighted by molar-refractivity contribution is -0.111. The third kappa shape index (κ3) is 4.52. The Morgan fingerprint density at radius 2 is 2.32 bits per heavy atom. The van der Waals surface area contributed by atoms with Crippen LogP contribution in [-0.4, -0.2) is 22.1 Å². The Bertz CT molecular complexity index is 731. The van der Waals surface area contributed by atoms with Gasteiger partial charge in [0.05, 0.1) is 23.5 Å². The molecule has 0 radical (unpaired) electrons. The number of carbonyl (C=O) groups is 1. The first-order chi connectivity index (χ1) is 10.6. The summed E-state index contributed by atoms with van der Waals surface area (Å²) in [4.78, 5) is 11.7. The van der Waals surface area contributed by atoms with Gasteiger partial charge in [0.2, 0.25) is 5.91 Å². The number of nitrogens with one attached hydrogen (secondary N) is 1. The van der Waals surface area contributed by atoms with Gasteiger partial charge >= 0.3 is 0 Å². The van der Waals surface area contributed by atoms with Crippen LogP contribution < -0.4 is 5.32 Å². The van der Waals surface area contributed by atoms with Crippen molar-refractivity contribution in [1.82, 2.24) is 9.78 Å². The highest BCUT2D eigenvalue weighted by Crippen LogP contribution is 2.09. The van der Waals surface area contributed by atoms with E-state index in [9.17, 15) is 13.6 Å². The van der Waals surface area contributed by atoms with Crippen molar-refractivity contribution in [3.8, 4) is 6.07 Å². The Hall–Kier alpha value is -3.01. The predicted molar refractivity (Wildman–Crippen MR) is 77.1 cm³/mol. The number of nitriles is 1. The lowest BCUT2D eigenvalue weighted by Crippen LogP contribution is -2.08. The van der Waals surface area contributed by atoms with Crippen molar-refractivity contribution < 1.29 is 13.6 Å². The molecule has 1 aromatic heterocycles. The molecule has 0 fully saturated rings. The summed E-state index contributed by atoms with van der Waals surface area (Å²) in [6, 6.07) is 8.78. The van der Waals surface area contributed by atoms with Crippen LogP contribution in [-0.2, 0) is 11.3 Å². The maximum atomic E-state index is 12.2. The van der Waals surface area contributed by atoms with Crippen molar-refractivity contribution in [2.24, 2.45) is 0 Å². The van der Waals surface area contributed by atoms with E-state index in [0.717, 1.165) is 4.68 Å². The summed E-state index contributed by atoms with van der Waals surface area (Å²) in [5.74, 6) is -0.418. The number of aromatic nitrogens is 2. The fourth-order valence-electron chi connectivity index (χ4n) is 1.74. The van der Waals surface area contributed by atoms with Gasteiger partial charge in [0.25, 0.3) is 6.43 Å². The van der Waals surface area contributed by atoms with Gasteiger partial charge in [-0.3, -0.25) is 9.48 Å². The van der Waals surface area contributed by atoms with E-state index in [0.29, 0.717) is 16.8 Å². The first-order valence-electron chi connectivity index (χ1n) is 6.36. The summed E-state index contributed by atoms with van der Waals surface area (Å²) in [6.07, 6.45) is 2.97. The van der Waals surface area contributed by atoms with Crippen molar-refractivity contribution in [3.63, 3.8) is 0 Å². The number of nitrogens with zero attached hydrogens (tertiary/aromatic N) is 3. The van der Waals surface area contributed by atoms with Crippen molar-refractivity contribution >= 4 is 17.7 Å². The number of rotatable bonds is 5. The number of amides is 1. The average molecular weight is 302 g/mol. The molecule has 1 amide bonds. The van der Waals surface area contributed by atoms with Crippen molar-refractivity contribution in [2.75, 3.05) is 5.32 Å². The quantitative estimate of drug-likeness (QED) is 0.863. The third-order valence-corrected chi connectivity index (χ3v) is 2.67. The molecule has 0 aliphatic carbocycles. The van der Waals surface area contributed by atoms with Crippen LogP contribution in [0.15, 0.2) is 42.7 Å². The molecule has 0 aliphatic rings. The highest BCUT2D eigenvalue weighted by Gasteiger charge is 2.06. The van der Waals surface area contributed by atoms with E-state index in [1.165, 1.54) is 18.5 Å². The first kappa shape index (κ1) is 15.4. The molecule has 0 bridgehead atoms. The van der Waals surface area contributed by atoms with Gasteiger partial charge in [0.1, 0.15) is 6.54 Å². The van der Waals surface area contributed by atoms with Crippen molar-refractivity contribution in [3.05, 3.63) is 53.9 Å². The smallest absolute Gasteiger partial charge is 0.257 e. The van der Waals surface area contributed by atoms with Gasteiger partial charge in [-0.05, 0) is 23.8 Å². The average Bonchev–Trinajstić information content (AvgIpc) is 2.91. The normalized spacial score (nSPS) is 10.8. The lowest BCUT2D eigenvalue weighted by atomic mass is 10.1. The monoisotopic (exact) mass is 302 g/mol. The number of carbonyl (C=O) groups excluding carboxylic acids is 1. The molecule has 0 saturated heterocycles. The Labute approximate surface area is 125 Å². The zero-order valence-corrected chi connectivity index (χ0v) is 11.4. The molecule has 1 aromatic carbocycles. The van der Waals surface area contributed by atoms with Gasteiger partial charge in [0, 0.05) is 12.3 Å². The largest absolute Gasteiger partial charge is 0.320 e. The molecule has 0 aliphatic heterocycles. The Morgan fingerprint density at radius 1 is 1.50 bits per heavy atom. The first-order valence-corrected chi connectivity index (χ1v) is 6.36. The van der Waals surface area contributed by atoms with Crippen LogP contribution in [0.3, 0.4) is 0 Å². The number of halogens is 2. The van der Waals surface area contributed by atoms with Gasteiger partial charge in [-0.2, -0.15) is 10.4 Å². The molecule has 112 valence electrons. The summed E-state index contributed by atoms with van der Waals surface area (Å²) in [7, 11) is 0. The van der Waals surface area contributed by atoms with Crippen LogP contribution in [0.25, 0.3) is 6.08 Å². The minimum Gasteiger partial charge on any atom is -0.320 e. The van der Waals surface area contributed by atoms with Crippen LogP contribution in [0.1, 0.15) is 11.1 Å². The molecule has 0 spiro atoms. The number of hydrogen-bond acceptors (Lipinski definition) is 3. The zero-order valence-electron chi connectivity index (χ0n) is 11.4. The summed E-state index contributed by atoms with van der Waals surface area (Å²) in [5.41, 5.74) is 1.54. The second-order valence-corrected chi connectivity index (χ2v) is 4.40. The molecular weight excluding hydrogens is 290 g/mol. The number of alkyl halides is 2. The van der Waals surface area contributed by atoms with E-state index in [2.05, 4.69) is 10.4 Å². The maximum absolute atomic E-state index is 12.2. The number of benzene rings is 1. The second-order valence-electron chi connectivity index (χ2n) is 4.40. The molecular formula is C15H12F2N4O. The Balaban J connectivity index is 1.96. The van der Waals surface area contributed by atoms with Crippen LogP contribution in [0.5, 0.6) is 0 Å². The summed E-state index contributed by atoms with van der Waals surface area (Å²) < 4.78 is 25.4. The van der Waals surface area contributed by atoms with Crippen LogP contribution in [0, 0.1) is 11.3 Å². The maximum Gasteiger partial charge on any atom is 0.257 e. The second kappa shape index (κ2) is 7.13. The molecule has 0 saturated carbocycles. The minimum absolute atomic E-state index is 0.334. The van der Waals surface area contributed by atoms with E-state index in [1.54, 1.807) is 30.3 Å². The van der Waals surface area contributed by atoms with Crippen LogP contribution in [0.4, 0.5) is 14.5 Å². The topological polar surface area (TPSA) is 70.7 Å². The van der Waals surface area contributed by atoms with Gasteiger partial charge < -0.3 is 5.32 Å². The highest BCUT2D eigenvalue weighted by atomic mass is 19.3. The van der Waals surface area contributed by atoms with Crippen molar-refractivity contribution in [1.29, 1.82) is 5.26 Å². The van der Waals surface area contributed by atoms with E-state index in [4.69, 9.17) is 5.26 Å². The molecule has 1 heterocycles. The SMILES string of the molecule is N#Cc1cccc(C=CC(=O)Nc2cnn(CC(F)F)c2)c1. The Morgan fingerprint density at radius 3 is 3.05 bits per heavy atom. The lowest BCUT2D eigenvalue weighted by Gasteiger charge is -1.99. The number of anilines is 1. The standard InChI is InChI=1S/C15H12F2N4O/c16-14(17)10-21-9-13(8-19-21)20-15(22)5-4-11-2-1-3-12(6-11)7-18/h1-6,8-9,14H,10H2,(H,20,22). The predicted octanol–water partition coefficient (Wildman–Crippen LogP) is 2.67. The Kier molecular flexibility index (Phi) is 4.98. The molecule has 22 heavy (non-hydrogen) atoms. The molecule has 5 nitrogen and oxygen atoms in total. The fourth-order valence-corrected chi connectivity index (χ4v) is 1.74. The number of hydrogen-bond donors (Lipinski definition) is 1. The molecule has 7 heteroatoms. The van der Waals surface area contributed by atoms with Gasteiger partial charge in [0.15, 0.2) is 0 Å². The molecule has 0 unspecified atom stereocenters. The summed E-state index contributed by atoms with van der Waals surface area (Å²) in [6.45, 7) is -0.521. The summed E-state index contributed by atoms with van der Waals surface area (Å²) >= 11 is 0. The van der Waals surface area contributed by atoms with Crippen LogP contribution in [0.2, 0.25) is 0 Å². The van der Waals surface area contributed by atoms with E-state index >= 15 is 0 Å². The highest BCUT2D eigenvalue weighted by molar-refractivity contribution is 6.01. The van der Waals surface area contributed by atoms with Gasteiger partial charge in [-0.25, -0.2) is 8.78 Å². The molecule has 0 atom stereocenters. The molecule has 1 N–H and O–H groups in total. The minimum atomic E-state index is -2.50. The third-order valence-electron chi connectivity index (χ3n) is 2.67. The van der Waals surface area contributed by atoms with E-state index in [1.807, 2.05) is 6.07 Å². The zero-order chi connectivity index (χ0) is 15.9.